The molecule has 0 bridgehead atoms. The van der Waals surface area contributed by atoms with Gasteiger partial charge in [-0.05, 0) is 48.7 Å². The second-order valence-electron chi connectivity index (χ2n) is 10.0. The van der Waals surface area contributed by atoms with Crippen molar-refractivity contribution in [3.63, 3.8) is 0 Å². The molecule has 1 saturated heterocycles. The predicted molar refractivity (Wildman–Crippen MR) is 167 cm³/mol. The van der Waals surface area contributed by atoms with Gasteiger partial charge in [0.25, 0.3) is 5.78 Å². The number of hydrogen-bond acceptors (Lipinski definition) is 9. The van der Waals surface area contributed by atoms with E-state index in [9.17, 15) is 14.7 Å². The number of nitrogens with zero attached hydrogens (tertiary/aromatic N) is 5. The minimum absolute atomic E-state index is 0.0351. The third-order valence-electron chi connectivity index (χ3n) is 7.14. The lowest BCUT2D eigenvalue weighted by Crippen LogP contribution is -2.29. The lowest BCUT2D eigenvalue weighted by atomic mass is 9.96. The van der Waals surface area contributed by atoms with Crippen molar-refractivity contribution in [3.05, 3.63) is 107 Å². The van der Waals surface area contributed by atoms with E-state index in [1.165, 1.54) is 28.0 Å². The van der Waals surface area contributed by atoms with Gasteiger partial charge in [-0.15, -0.1) is 10.2 Å². The largest absolute Gasteiger partial charge is 0.505 e. The first-order valence-corrected chi connectivity index (χ1v) is 15.7. The van der Waals surface area contributed by atoms with E-state index in [4.69, 9.17) is 4.74 Å². The molecule has 1 unspecified atom stereocenters. The molecule has 1 aliphatic rings. The number of pyridine rings is 1. The highest BCUT2D eigenvalue weighted by atomic mass is 32.2. The number of thioether (sulfide) groups is 1. The van der Waals surface area contributed by atoms with Gasteiger partial charge in [-0.2, -0.15) is 0 Å². The van der Waals surface area contributed by atoms with Crippen molar-refractivity contribution in [2.75, 3.05) is 11.5 Å². The Morgan fingerprint density at radius 2 is 1.79 bits per heavy atom. The fourth-order valence-corrected chi connectivity index (χ4v) is 6.85. The van der Waals surface area contributed by atoms with Gasteiger partial charge in [0, 0.05) is 11.9 Å². The maximum absolute atomic E-state index is 13.7. The molecule has 0 saturated carbocycles. The van der Waals surface area contributed by atoms with Crippen LogP contribution in [0.3, 0.4) is 0 Å². The van der Waals surface area contributed by atoms with Crippen LogP contribution in [0, 0.1) is 6.92 Å². The first-order chi connectivity index (χ1) is 21.0. The second kappa shape index (κ2) is 12.4. The highest BCUT2D eigenvalue weighted by Crippen LogP contribution is 2.44. The summed E-state index contributed by atoms with van der Waals surface area (Å²) in [7, 11) is 0. The molecule has 6 rings (SSSR count). The number of aliphatic hydroxyl groups is 1. The van der Waals surface area contributed by atoms with Crippen LogP contribution in [0.4, 0.5) is 5.13 Å². The first-order valence-electron chi connectivity index (χ1n) is 13.9. The van der Waals surface area contributed by atoms with Gasteiger partial charge in [-0.25, -0.2) is 4.98 Å². The summed E-state index contributed by atoms with van der Waals surface area (Å²) in [6.07, 6.45) is 3.71. The molecule has 11 heteroatoms. The van der Waals surface area contributed by atoms with E-state index < -0.39 is 17.7 Å². The van der Waals surface area contributed by atoms with Gasteiger partial charge in [0.15, 0.2) is 10.1 Å². The highest BCUT2D eigenvalue weighted by Gasteiger charge is 2.49. The van der Waals surface area contributed by atoms with Crippen molar-refractivity contribution in [1.82, 2.24) is 19.6 Å². The monoisotopic (exact) mass is 611 g/mol. The molecule has 5 aromatic rings. The number of carbonyl (C=O) groups excluding carboxylic acids is 2. The standard InChI is InChI=1S/C32H29N5O4S2/c1-3-4-18-41-23-15-13-22(14-16-23)27-25(28(38)26-20(2)33-24-12-8-9-17-36(24)26)29(39)30(40)37(27)31-34-35-32(43-31)42-19-21-10-6-5-7-11-21/h5-17,27,38H,3-4,18-19H2,1-2H3. The third kappa shape index (κ3) is 5.65. The number of ketones is 1. The average Bonchev–Trinajstić information content (AvgIpc) is 3.70. The number of hydrogen-bond donors (Lipinski definition) is 1. The van der Waals surface area contributed by atoms with Crippen LogP contribution in [0.25, 0.3) is 11.4 Å². The maximum atomic E-state index is 13.7. The fourth-order valence-electron chi connectivity index (χ4n) is 5.03. The van der Waals surface area contributed by atoms with Crippen LogP contribution < -0.4 is 9.64 Å². The lowest BCUT2D eigenvalue weighted by Gasteiger charge is -2.22. The minimum Gasteiger partial charge on any atom is -0.505 e. The molecule has 9 nitrogen and oxygen atoms in total. The summed E-state index contributed by atoms with van der Waals surface area (Å²) in [5, 5.41) is 20.6. The molecule has 2 aromatic carbocycles. The molecule has 4 heterocycles. The van der Waals surface area contributed by atoms with Gasteiger partial charge in [-0.1, -0.05) is 85.0 Å². The number of unbranched alkanes of at least 4 members (excludes halogenated alkanes) is 1. The highest BCUT2D eigenvalue weighted by molar-refractivity contribution is 8.00. The summed E-state index contributed by atoms with van der Waals surface area (Å²) in [5.74, 6) is -0.511. The van der Waals surface area contributed by atoms with Crippen molar-refractivity contribution in [3.8, 4) is 5.75 Å². The number of anilines is 1. The average molecular weight is 612 g/mol. The van der Waals surface area contributed by atoms with E-state index in [1.807, 2.05) is 72.8 Å². The van der Waals surface area contributed by atoms with Crippen LogP contribution >= 0.6 is 23.1 Å². The third-order valence-corrected chi connectivity index (χ3v) is 9.27. The summed E-state index contributed by atoms with van der Waals surface area (Å²) in [6, 6.07) is 21.8. The number of carbonyl (C=O) groups is 2. The smallest absolute Gasteiger partial charge is 0.301 e. The molecule has 1 atom stereocenters. The SMILES string of the molecule is CCCCOc1ccc(C2C(=C(O)c3c(C)nc4ccccn34)C(=O)C(=O)N2c2nnc(SCc3ccccc3)s2)cc1. The summed E-state index contributed by atoms with van der Waals surface area (Å²) in [4.78, 5) is 33.2. The predicted octanol–water partition coefficient (Wildman–Crippen LogP) is 6.59. The number of aliphatic hydroxyl groups excluding tert-OH is 1. The lowest BCUT2D eigenvalue weighted by molar-refractivity contribution is -0.132. The number of benzene rings is 2. The van der Waals surface area contributed by atoms with E-state index in [-0.39, 0.29) is 16.5 Å². The topological polar surface area (TPSA) is 110 Å². The van der Waals surface area contributed by atoms with Crippen molar-refractivity contribution < 1.29 is 19.4 Å². The quantitative estimate of drug-likeness (QED) is 0.0470. The maximum Gasteiger partial charge on any atom is 0.301 e. The van der Waals surface area contributed by atoms with Crippen LogP contribution in [-0.4, -0.2) is 43.0 Å². The number of fused-ring (bicyclic) bond motifs is 1. The molecule has 0 radical (unpaired) electrons. The Balaban J connectivity index is 1.42. The number of rotatable bonds is 10. The van der Waals surface area contributed by atoms with Crippen LogP contribution in [0.1, 0.15) is 48.3 Å². The Morgan fingerprint density at radius 3 is 2.56 bits per heavy atom. The van der Waals surface area contributed by atoms with E-state index in [0.29, 0.717) is 45.0 Å². The van der Waals surface area contributed by atoms with Gasteiger partial charge in [-0.3, -0.25) is 18.9 Å². The Bertz CT molecular complexity index is 1810. The van der Waals surface area contributed by atoms with E-state index in [1.54, 1.807) is 17.5 Å². The Kier molecular flexibility index (Phi) is 8.26. The van der Waals surface area contributed by atoms with Crippen molar-refractivity contribution in [2.24, 2.45) is 0 Å². The van der Waals surface area contributed by atoms with Gasteiger partial charge >= 0.3 is 5.91 Å². The summed E-state index contributed by atoms with van der Waals surface area (Å²) in [6.45, 7) is 4.45. The molecule has 218 valence electrons. The zero-order valence-electron chi connectivity index (χ0n) is 23.6. The van der Waals surface area contributed by atoms with Crippen LogP contribution in [0.15, 0.2) is 88.9 Å². The summed E-state index contributed by atoms with van der Waals surface area (Å²) < 4.78 is 8.21. The zero-order chi connectivity index (χ0) is 29.9. The van der Waals surface area contributed by atoms with Crippen LogP contribution in [0.5, 0.6) is 5.75 Å². The molecule has 3 aromatic heterocycles. The van der Waals surface area contributed by atoms with Crippen molar-refractivity contribution in [1.29, 1.82) is 0 Å². The van der Waals surface area contributed by atoms with E-state index >= 15 is 0 Å². The van der Waals surface area contributed by atoms with Gasteiger partial charge in [0.2, 0.25) is 5.13 Å². The van der Waals surface area contributed by atoms with Gasteiger partial charge in [0.1, 0.15) is 17.1 Å². The zero-order valence-corrected chi connectivity index (χ0v) is 25.3. The number of Topliss-reactive ketones (excluding diaryl/α,β-unsaturated/α-hetero) is 1. The molecule has 1 amide bonds. The molecule has 0 aliphatic carbocycles. The number of imidazole rings is 1. The minimum atomic E-state index is -0.932. The number of ether oxygens (including phenoxy) is 1. The van der Waals surface area contributed by atoms with Crippen molar-refractivity contribution in [2.45, 2.75) is 42.8 Å². The molecule has 43 heavy (non-hydrogen) atoms. The molecular formula is C32H29N5O4S2. The molecule has 0 spiro atoms. The second-order valence-corrected chi connectivity index (χ2v) is 12.2. The first kappa shape index (κ1) is 28.6. The Hall–Kier alpha value is -4.48. The van der Waals surface area contributed by atoms with E-state index in [2.05, 4.69) is 22.1 Å². The Labute approximate surface area is 256 Å². The van der Waals surface area contributed by atoms with Crippen LogP contribution in [-0.2, 0) is 15.3 Å². The van der Waals surface area contributed by atoms with Crippen molar-refractivity contribution >= 4 is 51.3 Å². The number of aromatic nitrogens is 4. The molecule has 1 fully saturated rings. The van der Waals surface area contributed by atoms with Crippen LogP contribution in [0.2, 0.25) is 0 Å². The summed E-state index contributed by atoms with van der Waals surface area (Å²) in [5.41, 5.74) is 3.23. The van der Waals surface area contributed by atoms with Gasteiger partial charge in [0.05, 0.1) is 23.9 Å². The summed E-state index contributed by atoms with van der Waals surface area (Å²) >= 11 is 2.74. The number of aryl methyl sites for hydroxylation is 1. The van der Waals surface area contributed by atoms with E-state index in [0.717, 1.165) is 18.4 Å². The molecule has 1 N–H and O–H groups in total. The molecule has 1 aliphatic heterocycles. The fraction of sp³-hybridized carbons (Fsp3) is 0.219. The normalized spacial score (nSPS) is 16.3. The Morgan fingerprint density at radius 1 is 1.02 bits per heavy atom. The molecular weight excluding hydrogens is 583 g/mol. The number of amides is 1. The van der Waals surface area contributed by atoms with Gasteiger partial charge < -0.3 is 9.84 Å².